The van der Waals surface area contributed by atoms with Crippen LogP contribution in [0.15, 0.2) is 41.6 Å². The van der Waals surface area contributed by atoms with E-state index in [1.807, 2.05) is 61.9 Å². The highest BCUT2D eigenvalue weighted by Gasteiger charge is 2.17. The maximum Gasteiger partial charge on any atom is 0.191 e. The average molecular weight is 410 g/mol. The topological polar surface area (TPSA) is 66.2 Å². The normalized spacial score (nSPS) is 13.2. The third kappa shape index (κ3) is 4.15. The van der Waals surface area contributed by atoms with Gasteiger partial charge in [0, 0.05) is 24.6 Å². The number of carbonyl (C=O) groups excluding carboxylic acids is 1. The zero-order valence-electron chi connectivity index (χ0n) is 16.8. The molecule has 4 rings (SSSR count). The summed E-state index contributed by atoms with van der Waals surface area (Å²) >= 11 is 1.39. The van der Waals surface area contributed by atoms with Gasteiger partial charge in [-0.1, -0.05) is 23.9 Å². The van der Waals surface area contributed by atoms with Gasteiger partial charge in [0.2, 0.25) is 0 Å². The first-order valence-corrected chi connectivity index (χ1v) is 10.5. The van der Waals surface area contributed by atoms with Crippen LogP contribution in [0.3, 0.4) is 0 Å². The van der Waals surface area contributed by atoms with Gasteiger partial charge in [-0.15, -0.1) is 10.2 Å². The van der Waals surface area contributed by atoms with E-state index in [9.17, 15) is 4.79 Å². The lowest BCUT2D eigenvalue weighted by Gasteiger charge is -2.09. The van der Waals surface area contributed by atoms with Crippen LogP contribution < -0.4 is 9.47 Å². The van der Waals surface area contributed by atoms with Crippen LogP contribution in [0.4, 0.5) is 0 Å². The fourth-order valence-corrected chi connectivity index (χ4v) is 3.93. The molecular formula is C22H23N3O3S. The molecule has 29 heavy (non-hydrogen) atoms. The minimum atomic E-state index is 0.0817. The maximum atomic E-state index is 12.6. The van der Waals surface area contributed by atoms with Gasteiger partial charge in [0.25, 0.3) is 0 Å². The van der Waals surface area contributed by atoms with E-state index < -0.39 is 0 Å². The number of thioether (sulfide) groups is 1. The zero-order chi connectivity index (χ0) is 20.4. The molecule has 6 nitrogen and oxygen atoms in total. The number of ketones is 1. The van der Waals surface area contributed by atoms with Crippen LogP contribution in [0.2, 0.25) is 0 Å². The Morgan fingerprint density at radius 1 is 1.03 bits per heavy atom. The van der Waals surface area contributed by atoms with Crippen molar-refractivity contribution >= 4 is 17.5 Å². The Hall–Kier alpha value is -2.80. The summed E-state index contributed by atoms with van der Waals surface area (Å²) in [5.41, 5.74) is 3.93. The molecule has 2 aromatic carbocycles. The number of Topliss-reactive ketones (excluding diaryl/α,β-unsaturated/α-hetero) is 1. The van der Waals surface area contributed by atoms with Crippen LogP contribution in [0.5, 0.6) is 11.5 Å². The van der Waals surface area contributed by atoms with E-state index >= 15 is 0 Å². The lowest BCUT2D eigenvalue weighted by atomic mass is 10.0. The summed E-state index contributed by atoms with van der Waals surface area (Å²) in [6.45, 7) is 5.35. The van der Waals surface area contributed by atoms with Crippen LogP contribution in [0.1, 0.15) is 27.9 Å². The molecule has 2 heterocycles. The van der Waals surface area contributed by atoms with Crippen molar-refractivity contribution < 1.29 is 14.3 Å². The number of ether oxygens (including phenoxy) is 2. The van der Waals surface area contributed by atoms with Gasteiger partial charge < -0.3 is 14.0 Å². The van der Waals surface area contributed by atoms with E-state index in [2.05, 4.69) is 10.2 Å². The second-order valence-electron chi connectivity index (χ2n) is 7.09. The zero-order valence-corrected chi connectivity index (χ0v) is 17.6. The molecule has 0 N–H and O–H groups in total. The first kappa shape index (κ1) is 19.5. The Bertz CT molecular complexity index is 1060. The molecule has 0 radical (unpaired) electrons. The fraction of sp³-hybridized carbons (Fsp3) is 0.318. The lowest BCUT2D eigenvalue weighted by molar-refractivity contribution is 0.102. The first-order valence-electron chi connectivity index (χ1n) is 9.55. The number of aromatic nitrogens is 3. The van der Waals surface area contributed by atoms with Crippen molar-refractivity contribution in [2.24, 2.45) is 7.05 Å². The summed E-state index contributed by atoms with van der Waals surface area (Å²) in [4.78, 5) is 12.6. The number of benzene rings is 2. The summed E-state index contributed by atoms with van der Waals surface area (Å²) in [6, 6.07) is 11.6. The van der Waals surface area contributed by atoms with E-state index in [0.29, 0.717) is 24.1 Å². The Morgan fingerprint density at radius 2 is 1.83 bits per heavy atom. The Kier molecular flexibility index (Phi) is 5.58. The van der Waals surface area contributed by atoms with Crippen LogP contribution in [-0.4, -0.2) is 39.5 Å². The van der Waals surface area contributed by atoms with Crippen molar-refractivity contribution in [1.29, 1.82) is 0 Å². The predicted octanol–water partition coefficient (Wildman–Crippen LogP) is 4.24. The maximum absolute atomic E-state index is 12.6. The molecule has 0 aliphatic carbocycles. The Balaban J connectivity index is 1.49. The van der Waals surface area contributed by atoms with Crippen molar-refractivity contribution in [3.8, 4) is 22.9 Å². The van der Waals surface area contributed by atoms with Gasteiger partial charge in [-0.05, 0) is 49.2 Å². The van der Waals surface area contributed by atoms with Crippen LogP contribution in [0, 0.1) is 13.8 Å². The molecule has 0 amide bonds. The second-order valence-corrected chi connectivity index (χ2v) is 8.03. The summed E-state index contributed by atoms with van der Waals surface area (Å²) in [7, 11) is 1.90. The number of rotatable bonds is 5. The molecule has 150 valence electrons. The summed E-state index contributed by atoms with van der Waals surface area (Å²) in [5, 5.41) is 9.29. The number of fused-ring (bicyclic) bond motifs is 1. The van der Waals surface area contributed by atoms with Crippen molar-refractivity contribution in [1.82, 2.24) is 14.8 Å². The van der Waals surface area contributed by atoms with Gasteiger partial charge in [-0.2, -0.15) is 0 Å². The summed E-state index contributed by atoms with van der Waals surface area (Å²) < 4.78 is 13.4. The van der Waals surface area contributed by atoms with Gasteiger partial charge in [-0.3, -0.25) is 4.79 Å². The van der Waals surface area contributed by atoms with E-state index in [-0.39, 0.29) is 5.78 Å². The average Bonchev–Trinajstić information content (AvgIpc) is 2.93. The van der Waals surface area contributed by atoms with Gasteiger partial charge in [0.15, 0.2) is 28.3 Å². The van der Waals surface area contributed by atoms with Crippen molar-refractivity contribution in [3.05, 3.63) is 53.1 Å². The first-order chi connectivity index (χ1) is 14.0. The number of hydrogen-bond donors (Lipinski definition) is 0. The lowest BCUT2D eigenvalue weighted by Crippen LogP contribution is -2.04. The number of aryl methyl sites for hydroxylation is 2. The quantitative estimate of drug-likeness (QED) is 0.464. The van der Waals surface area contributed by atoms with Gasteiger partial charge in [-0.25, -0.2) is 0 Å². The molecular weight excluding hydrogens is 386 g/mol. The smallest absolute Gasteiger partial charge is 0.191 e. The third-order valence-electron chi connectivity index (χ3n) is 5.00. The molecule has 0 bridgehead atoms. The predicted molar refractivity (Wildman–Crippen MR) is 113 cm³/mol. The molecule has 1 aliphatic rings. The summed E-state index contributed by atoms with van der Waals surface area (Å²) in [6.07, 6.45) is 0.864. The minimum absolute atomic E-state index is 0.0817. The molecule has 0 saturated carbocycles. The van der Waals surface area contributed by atoms with Crippen LogP contribution in [0.25, 0.3) is 11.4 Å². The van der Waals surface area contributed by atoms with Gasteiger partial charge in [0.05, 0.1) is 19.0 Å². The fourth-order valence-electron chi connectivity index (χ4n) is 3.12. The molecule has 0 atom stereocenters. The van der Waals surface area contributed by atoms with Crippen molar-refractivity contribution in [2.75, 3.05) is 19.0 Å². The number of nitrogens with zero attached hydrogens (tertiary/aromatic N) is 3. The highest BCUT2D eigenvalue weighted by atomic mass is 32.2. The van der Waals surface area contributed by atoms with Crippen molar-refractivity contribution in [3.63, 3.8) is 0 Å². The largest absolute Gasteiger partial charge is 0.490 e. The van der Waals surface area contributed by atoms with Gasteiger partial charge in [0.1, 0.15) is 0 Å². The third-order valence-corrected chi connectivity index (χ3v) is 6.02. The van der Waals surface area contributed by atoms with Gasteiger partial charge >= 0.3 is 0 Å². The number of carbonyl (C=O) groups is 1. The van der Waals surface area contributed by atoms with E-state index in [0.717, 1.165) is 40.4 Å². The Labute approximate surface area is 174 Å². The molecule has 7 heteroatoms. The molecule has 0 fully saturated rings. The van der Waals surface area contributed by atoms with Crippen molar-refractivity contribution in [2.45, 2.75) is 25.4 Å². The van der Waals surface area contributed by atoms with Crippen LogP contribution >= 0.6 is 11.8 Å². The SMILES string of the molecule is Cc1ccc(C(=O)CSc2nnc(-c3ccc4c(c3)OCCCO4)n2C)cc1C. The Morgan fingerprint density at radius 3 is 2.62 bits per heavy atom. The summed E-state index contributed by atoms with van der Waals surface area (Å²) in [5.74, 6) is 2.60. The van der Waals surface area contributed by atoms with E-state index in [1.54, 1.807) is 0 Å². The molecule has 0 saturated heterocycles. The molecule has 1 aliphatic heterocycles. The van der Waals surface area contributed by atoms with Crippen LogP contribution in [-0.2, 0) is 7.05 Å². The molecule has 1 aromatic heterocycles. The van der Waals surface area contributed by atoms with E-state index in [4.69, 9.17) is 9.47 Å². The highest BCUT2D eigenvalue weighted by molar-refractivity contribution is 7.99. The second kappa shape index (κ2) is 8.29. The highest BCUT2D eigenvalue weighted by Crippen LogP contribution is 2.34. The molecule has 0 unspecified atom stereocenters. The monoisotopic (exact) mass is 409 g/mol. The molecule has 3 aromatic rings. The minimum Gasteiger partial charge on any atom is -0.490 e. The standard InChI is InChI=1S/C22H23N3O3S/c1-14-5-6-16(11-15(14)2)18(26)13-29-22-24-23-21(25(22)3)17-7-8-19-20(12-17)28-10-4-9-27-19/h5-8,11-12H,4,9-10,13H2,1-3H3. The number of hydrogen-bond acceptors (Lipinski definition) is 6. The van der Waals surface area contributed by atoms with E-state index in [1.165, 1.54) is 17.3 Å². The molecule has 0 spiro atoms.